The summed E-state index contributed by atoms with van der Waals surface area (Å²) in [5.74, 6) is 0.287. The maximum Gasteiger partial charge on any atom is 0.319 e. The summed E-state index contributed by atoms with van der Waals surface area (Å²) < 4.78 is 10.6. The van der Waals surface area contributed by atoms with E-state index in [1.54, 1.807) is 0 Å². The molecule has 0 N–H and O–H groups in total. The maximum atomic E-state index is 12.2. The molecule has 0 fully saturated rings. The van der Waals surface area contributed by atoms with Crippen molar-refractivity contribution in [3.63, 3.8) is 0 Å². The quantitative estimate of drug-likeness (QED) is 0.282. The zero-order valence-electron chi connectivity index (χ0n) is 15.8. The number of ether oxygens (including phenoxy) is 2. The average Bonchev–Trinajstić information content (AvgIpc) is 2.58. The van der Waals surface area contributed by atoms with Gasteiger partial charge in [-0.05, 0) is 25.0 Å². The molecule has 0 aliphatic rings. The molecule has 0 saturated heterocycles. The lowest BCUT2D eigenvalue weighted by Gasteiger charge is -2.15. The van der Waals surface area contributed by atoms with Gasteiger partial charge in [0.2, 0.25) is 0 Å². The van der Waals surface area contributed by atoms with Crippen molar-refractivity contribution in [3.8, 4) is 0 Å². The second-order valence-corrected chi connectivity index (χ2v) is 7.38. The molecule has 5 heteroatoms. The van der Waals surface area contributed by atoms with Gasteiger partial charge in [-0.3, -0.25) is 9.59 Å². The van der Waals surface area contributed by atoms with Crippen LogP contribution in [0, 0.1) is 0 Å². The van der Waals surface area contributed by atoms with E-state index < -0.39 is 5.25 Å². The van der Waals surface area contributed by atoms with Crippen LogP contribution >= 0.6 is 11.8 Å². The molecule has 0 spiro atoms. The van der Waals surface area contributed by atoms with Gasteiger partial charge in [0.1, 0.15) is 5.25 Å². The SMILES string of the molecule is CCCCCCOC(=O)CC(SCCC)C(=O)OCCCCCC. The van der Waals surface area contributed by atoms with E-state index in [0.717, 1.165) is 63.5 Å². The van der Waals surface area contributed by atoms with Gasteiger partial charge in [0.25, 0.3) is 0 Å². The molecule has 1 unspecified atom stereocenters. The second-order valence-electron chi connectivity index (χ2n) is 6.07. The van der Waals surface area contributed by atoms with Crippen molar-refractivity contribution in [1.29, 1.82) is 0 Å². The summed E-state index contributed by atoms with van der Waals surface area (Å²) >= 11 is 1.50. The number of hydrogen-bond donors (Lipinski definition) is 0. The smallest absolute Gasteiger partial charge is 0.319 e. The van der Waals surface area contributed by atoms with Gasteiger partial charge in [0, 0.05) is 0 Å². The van der Waals surface area contributed by atoms with E-state index in [1.165, 1.54) is 11.8 Å². The van der Waals surface area contributed by atoms with Gasteiger partial charge in [-0.15, -0.1) is 11.8 Å². The van der Waals surface area contributed by atoms with E-state index in [9.17, 15) is 9.59 Å². The lowest BCUT2D eigenvalue weighted by Crippen LogP contribution is -2.25. The number of hydrogen-bond acceptors (Lipinski definition) is 5. The van der Waals surface area contributed by atoms with Crippen LogP contribution < -0.4 is 0 Å². The van der Waals surface area contributed by atoms with Gasteiger partial charge >= 0.3 is 11.9 Å². The standard InChI is InChI=1S/C19H36O4S/c1-4-7-9-11-13-22-18(20)16-17(24-15-6-3)19(21)23-14-12-10-8-5-2/h17H,4-16H2,1-3H3. The van der Waals surface area contributed by atoms with Crippen LogP contribution in [0.25, 0.3) is 0 Å². The van der Waals surface area contributed by atoms with Crippen molar-refractivity contribution in [2.45, 2.75) is 90.2 Å². The van der Waals surface area contributed by atoms with Crippen LogP contribution in [0.5, 0.6) is 0 Å². The van der Waals surface area contributed by atoms with Crippen LogP contribution in [0.4, 0.5) is 0 Å². The molecule has 0 aliphatic heterocycles. The van der Waals surface area contributed by atoms with Crippen LogP contribution in [-0.2, 0) is 19.1 Å². The number of unbranched alkanes of at least 4 members (excludes halogenated alkanes) is 6. The molecule has 0 rings (SSSR count). The summed E-state index contributed by atoms with van der Waals surface area (Å²) in [6, 6.07) is 0. The Balaban J connectivity index is 4.08. The molecule has 0 amide bonds. The van der Waals surface area contributed by atoms with Gasteiger partial charge in [-0.25, -0.2) is 0 Å². The Kier molecular flexibility index (Phi) is 16.6. The predicted molar refractivity (Wildman–Crippen MR) is 101 cm³/mol. The molecule has 24 heavy (non-hydrogen) atoms. The van der Waals surface area contributed by atoms with Gasteiger partial charge in [-0.1, -0.05) is 59.3 Å². The minimum absolute atomic E-state index is 0.117. The van der Waals surface area contributed by atoms with Crippen molar-refractivity contribution >= 4 is 23.7 Å². The first kappa shape index (κ1) is 23.3. The van der Waals surface area contributed by atoms with Crippen LogP contribution in [-0.4, -0.2) is 36.2 Å². The number of carbonyl (C=O) groups excluding carboxylic acids is 2. The molecule has 0 aromatic rings. The summed E-state index contributed by atoms with van der Waals surface area (Å²) in [6.07, 6.45) is 9.69. The predicted octanol–water partition coefficient (Wildman–Crippen LogP) is 5.14. The monoisotopic (exact) mass is 360 g/mol. The van der Waals surface area contributed by atoms with Crippen LogP contribution in [0.15, 0.2) is 0 Å². The number of esters is 2. The van der Waals surface area contributed by atoms with Crippen LogP contribution in [0.2, 0.25) is 0 Å². The molecular weight excluding hydrogens is 324 g/mol. The van der Waals surface area contributed by atoms with Crippen molar-refractivity contribution in [3.05, 3.63) is 0 Å². The zero-order valence-corrected chi connectivity index (χ0v) is 16.6. The fraction of sp³-hybridized carbons (Fsp3) is 0.895. The van der Waals surface area contributed by atoms with E-state index in [2.05, 4.69) is 20.8 Å². The third-order valence-corrected chi connectivity index (χ3v) is 5.05. The highest BCUT2D eigenvalue weighted by Crippen LogP contribution is 2.19. The van der Waals surface area contributed by atoms with E-state index in [4.69, 9.17) is 9.47 Å². The van der Waals surface area contributed by atoms with Gasteiger partial charge in [-0.2, -0.15) is 0 Å². The molecule has 142 valence electrons. The topological polar surface area (TPSA) is 52.6 Å². The highest BCUT2D eigenvalue weighted by Gasteiger charge is 2.24. The lowest BCUT2D eigenvalue weighted by atomic mass is 10.2. The largest absolute Gasteiger partial charge is 0.466 e. The molecule has 0 aromatic carbocycles. The summed E-state index contributed by atoms with van der Waals surface area (Å²) in [5.41, 5.74) is 0. The Morgan fingerprint density at radius 3 is 1.92 bits per heavy atom. The molecule has 0 radical (unpaired) electrons. The van der Waals surface area contributed by atoms with E-state index in [1.807, 2.05) is 0 Å². The highest BCUT2D eigenvalue weighted by atomic mass is 32.2. The van der Waals surface area contributed by atoms with Crippen molar-refractivity contribution in [1.82, 2.24) is 0 Å². The minimum Gasteiger partial charge on any atom is -0.466 e. The van der Waals surface area contributed by atoms with Gasteiger partial charge in [0.05, 0.1) is 19.6 Å². The van der Waals surface area contributed by atoms with Crippen molar-refractivity contribution < 1.29 is 19.1 Å². The molecule has 0 saturated carbocycles. The molecule has 0 bridgehead atoms. The maximum absolute atomic E-state index is 12.2. The molecule has 0 aliphatic carbocycles. The summed E-state index contributed by atoms with van der Waals surface area (Å²) in [4.78, 5) is 24.1. The number of thioether (sulfide) groups is 1. The number of carbonyl (C=O) groups is 2. The molecule has 1 atom stereocenters. The van der Waals surface area contributed by atoms with E-state index in [0.29, 0.717) is 13.2 Å². The normalized spacial score (nSPS) is 12.0. The van der Waals surface area contributed by atoms with Crippen molar-refractivity contribution in [2.75, 3.05) is 19.0 Å². The molecule has 0 heterocycles. The van der Waals surface area contributed by atoms with Crippen LogP contribution in [0.3, 0.4) is 0 Å². The van der Waals surface area contributed by atoms with E-state index in [-0.39, 0.29) is 18.4 Å². The lowest BCUT2D eigenvalue weighted by molar-refractivity contribution is -0.149. The van der Waals surface area contributed by atoms with Gasteiger partial charge in [0.15, 0.2) is 0 Å². The molecule has 4 nitrogen and oxygen atoms in total. The average molecular weight is 361 g/mol. The first-order valence-electron chi connectivity index (χ1n) is 9.59. The number of rotatable bonds is 16. The fourth-order valence-electron chi connectivity index (χ4n) is 2.19. The third kappa shape index (κ3) is 13.7. The zero-order chi connectivity index (χ0) is 18.0. The van der Waals surface area contributed by atoms with Crippen molar-refractivity contribution in [2.24, 2.45) is 0 Å². The minimum atomic E-state index is -0.431. The highest BCUT2D eigenvalue weighted by molar-refractivity contribution is 8.00. The fourth-order valence-corrected chi connectivity index (χ4v) is 3.17. The van der Waals surface area contributed by atoms with Gasteiger partial charge < -0.3 is 9.47 Å². The molecular formula is C19H36O4S. The second kappa shape index (κ2) is 17.1. The first-order valence-corrected chi connectivity index (χ1v) is 10.6. The Labute approximate surface area is 152 Å². The Morgan fingerprint density at radius 2 is 1.38 bits per heavy atom. The summed E-state index contributed by atoms with van der Waals surface area (Å²) in [7, 11) is 0. The first-order chi connectivity index (χ1) is 11.7. The molecule has 0 aromatic heterocycles. The Morgan fingerprint density at radius 1 is 0.792 bits per heavy atom. The summed E-state index contributed by atoms with van der Waals surface area (Å²) in [5, 5.41) is -0.431. The van der Waals surface area contributed by atoms with E-state index >= 15 is 0 Å². The summed E-state index contributed by atoms with van der Waals surface area (Å²) in [6.45, 7) is 7.27. The Bertz CT molecular complexity index is 320. The van der Waals surface area contributed by atoms with Crippen LogP contribution in [0.1, 0.15) is 85.0 Å². The third-order valence-electron chi connectivity index (χ3n) is 3.64. The Hall–Kier alpha value is -0.710.